The second-order valence-corrected chi connectivity index (χ2v) is 7.82. The fraction of sp³-hybridized carbons (Fsp3) is 0.550. The van der Waals surface area contributed by atoms with Crippen LogP contribution in [0.2, 0.25) is 0 Å². The molecule has 1 aromatic heterocycles. The maximum absolute atomic E-state index is 12.5. The molecule has 0 aliphatic carbocycles. The van der Waals surface area contributed by atoms with Crippen molar-refractivity contribution in [3.63, 3.8) is 0 Å². The summed E-state index contributed by atoms with van der Waals surface area (Å²) in [4.78, 5) is 18.0. The number of carbonyl (C=O) groups is 1. The third kappa shape index (κ3) is 4.90. The van der Waals surface area contributed by atoms with Crippen LogP contribution in [0.5, 0.6) is 0 Å². The van der Waals surface area contributed by atoms with Crippen LogP contribution in [0.3, 0.4) is 0 Å². The summed E-state index contributed by atoms with van der Waals surface area (Å²) >= 11 is 1.77. The first-order valence-electron chi connectivity index (χ1n) is 9.71. The Hall–Kier alpha value is -1.86. The Labute approximate surface area is 165 Å². The summed E-state index contributed by atoms with van der Waals surface area (Å²) in [6.45, 7) is 8.33. The van der Waals surface area contributed by atoms with Crippen molar-refractivity contribution in [2.45, 2.75) is 44.2 Å². The molecule has 0 bridgehead atoms. The molecule has 0 spiro atoms. The largest absolute Gasteiger partial charge is 0.338 e. The van der Waals surface area contributed by atoms with Crippen molar-refractivity contribution in [1.29, 1.82) is 0 Å². The SMILES string of the molecule is CCN(CC)C(=O)c1cn(C2CCCN(Cc3ccc(SC)cc3)C2)nn1. The quantitative estimate of drug-likeness (QED) is 0.682. The second kappa shape index (κ2) is 9.37. The lowest BCUT2D eigenvalue weighted by molar-refractivity contribution is 0.0767. The Kier molecular flexibility index (Phi) is 6.90. The van der Waals surface area contributed by atoms with E-state index in [-0.39, 0.29) is 11.9 Å². The highest BCUT2D eigenvalue weighted by Gasteiger charge is 2.24. The summed E-state index contributed by atoms with van der Waals surface area (Å²) in [5.74, 6) is -0.0344. The normalized spacial score (nSPS) is 17.8. The maximum atomic E-state index is 12.5. The fourth-order valence-electron chi connectivity index (χ4n) is 3.61. The minimum atomic E-state index is -0.0344. The van der Waals surface area contributed by atoms with E-state index in [0.717, 1.165) is 32.5 Å². The highest BCUT2D eigenvalue weighted by molar-refractivity contribution is 7.98. The number of thioether (sulfide) groups is 1. The average Bonchev–Trinajstić information content (AvgIpc) is 3.20. The van der Waals surface area contributed by atoms with Crippen LogP contribution in [0.1, 0.15) is 48.8 Å². The van der Waals surface area contributed by atoms with E-state index in [1.807, 2.05) is 24.7 Å². The van der Waals surface area contributed by atoms with Crippen LogP contribution in [0.15, 0.2) is 35.4 Å². The molecule has 0 N–H and O–H groups in total. The van der Waals surface area contributed by atoms with Gasteiger partial charge in [-0.3, -0.25) is 9.69 Å². The van der Waals surface area contributed by atoms with Gasteiger partial charge in [0.15, 0.2) is 5.69 Å². The van der Waals surface area contributed by atoms with Crippen molar-refractivity contribution in [2.75, 3.05) is 32.4 Å². The van der Waals surface area contributed by atoms with Gasteiger partial charge >= 0.3 is 0 Å². The van der Waals surface area contributed by atoms with Crippen molar-refractivity contribution in [1.82, 2.24) is 24.8 Å². The number of carbonyl (C=O) groups excluding carboxylic acids is 1. The van der Waals surface area contributed by atoms with Crippen LogP contribution in [0, 0.1) is 0 Å². The Morgan fingerprint density at radius 2 is 2.00 bits per heavy atom. The van der Waals surface area contributed by atoms with Gasteiger partial charge < -0.3 is 4.90 Å². The smallest absolute Gasteiger partial charge is 0.276 e. The summed E-state index contributed by atoms with van der Waals surface area (Å²) in [6.07, 6.45) is 6.13. The van der Waals surface area contributed by atoms with Gasteiger partial charge in [0, 0.05) is 31.1 Å². The van der Waals surface area contributed by atoms with E-state index in [0.29, 0.717) is 18.8 Å². The molecule has 3 rings (SSSR count). The van der Waals surface area contributed by atoms with Crippen LogP contribution < -0.4 is 0 Å². The molecular formula is C20H29N5OS. The van der Waals surface area contributed by atoms with Crippen molar-refractivity contribution in [2.24, 2.45) is 0 Å². The molecule has 1 amide bonds. The summed E-state index contributed by atoms with van der Waals surface area (Å²) in [5, 5.41) is 8.40. The van der Waals surface area contributed by atoms with Crippen molar-refractivity contribution < 1.29 is 4.79 Å². The lowest BCUT2D eigenvalue weighted by Crippen LogP contribution is -2.36. The van der Waals surface area contributed by atoms with Gasteiger partial charge in [-0.15, -0.1) is 16.9 Å². The number of likely N-dealkylation sites (tertiary alicyclic amines) is 1. The molecule has 27 heavy (non-hydrogen) atoms. The predicted molar refractivity (Wildman–Crippen MR) is 109 cm³/mol. The molecule has 146 valence electrons. The molecule has 2 heterocycles. The van der Waals surface area contributed by atoms with E-state index >= 15 is 0 Å². The van der Waals surface area contributed by atoms with Crippen LogP contribution in [0.25, 0.3) is 0 Å². The van der Waals surface area contributed by atoms with Crippen molar-refractivity contribution >= 4 is 17.7 Å². The number of rotatable bonds is 7. The topological polar surface area (TPSA) is 54.3 Å². The van der Waals surface area contributed by atoms with Crippen LogP contribution in [-0.2, 0) is 6.54 Å². The predicted octanol–water partition coefficient (Wildman–Crippen LogP) is 3.32. The van der Waals surface area contributed by atoms with Crippen LogP contribution in [-0.4, -0.2) is 63.1 Å². The standard InChI is InChI=1S/C20H29N5OS/c1-4-24(5-2)20(26)19-15-25(22-21-19)17-7-6-12-23(14-17)13-16-8-10-18(27-3)11-9-16/h8-11,15,17H,4-7,12-14H2,1-3H3. The van der Waals surface area contributed by atoms with Gasteiger partial charge in [-0.1, -0.05) is 17.3 Å². The molecular weight excluding hydrogens is 358 g/mol. The fourth-order valence-corrected chi connectivity index (χ4v) is 4.01. The molecule has 1 atom stereocenters. The number of amides is 1. The van der Waals surface area contributed by atoms with Crippen molar-refractivity contribution in [3.8, 4) is 0 Å². The Balaban J connectivity index is 1.63. The summed E-state index contributed by atoms with van der Waals surface area (Å²) in [7, 11) is 0. The minimum absolute atomic E-state index is 0.0344. The van der Waals surface area contributed by atoms with Gasteiger partial charge in [-0.25, -0.2) is 4.68 Å². The minimum Gasteiger partial charge on any atom is -0.338 e. The zero-order valence-electron chi connectivity index (χ0n) is 16.5. The molecule has 0 saturated carbocycles. The third-order valence-corrected chi connectivity index (χ3v) is 5.94. The van der Waals surface area contributed by atoms with Gasteiger partial charge in [0.2, 0.25) is 0 Å². The zero-order chi connectivity index (χ0) is 19.2. The van der Waals surface area contributed by atoms with E-state index < -0.39 is 0 Å². The molecule has 2 aromatic rings. The van der Waals surface area contributed by atoms with E-state index in [9.17, 15) is 4.79 Å². The first-order chi connectivity index (χ1) is 13.1. The average molecular weight is 388 g/mol. The monoisotopic (exact) mass is 387 g/mol. The number of hydrogen-bond donors (Lipinski definition) is 0. The second-order valence-electron chi connectivity index (χ2n) is 6.94. The lowest BCUT2D eigenvalue weighted by atomic mass is 10.0. The van der Waals surface area contributed by atoms with Crippen LogP contribution >= 0.6 is 11.8 Å². The highest BCUT2D eigenvalue weighted by atomic mass is 32.2. The molecule has 0 radical (unpaired) electrons. The third-order valence-electron chi connectivity index (χ3n) is 5.20. The van der Waals surface area contributed by atoms with Gasteiger partial charge in [-0.05, 0) is 57.2 Å². The van der Waals surface area contributed by atoms with E-state index in [1.54, 1.807) is 16.7 Å². The van der Waals surface area contributed by atoms with E-state index in [2.05, 4.69) is 45.7 Å². The zero-order valence-corrected chi connectivity index (χ0v) is 17.3. The Morgan fingerprint density at radius 1 is 1.26 bits per heavy atom. The summed E-state index contributed by atoms with van der Waals surface area (Å²) in [5.41, 5.74) is 1.79. The summed E-state index contributed by atoms with van der Waals surface area (Å²) in [6, 6.07) is 9.07. The number of aromatic nitrogens is 3. The lowest BCUT2D eigenvalue weighted by Gasteiger charge is -2.32. The molecule has 1 fully saturated rings. The van der Waals surface area contributed by atoms with E-state index in [4.69, 9.17) is 0 Å². The van der Waals surface area contributed by atoms with Crippen molar-refractivity contribution in [3.05, 3.63) is 41.7 Å². The molecule has 1 aliphatic heterocycles. The Morgan fingerprint density at radius 3 is 2.67 bits per heavy atom. The van der Waals surface area contributed by atoms with Gasteiger partial charge in [-0.2, -0.15) is 0 Å². The number of benzene rings is 1. The Bertz CT molecular complexity index is 741. The summed E-state index contributed by atoms with van der Waals surface area (Å²) < 4.78 is 1.89. The van der Waals surface area contributed by atoms with Gasteiger partial charge in [0.1, 0.15) is 0 Å². The molecule has 1 saturated heterocycles. The number of piperidine rings is 1. The maximum Gasteiger partial charge on any atom is 0.276 e. The first-order valence-corrected chi connectivity index (χ1v) is 10.9. The number of nitrogens with zero attached hydrogens (tertiary/aromatic N) is 5. The van der Waals surface area contributed by atoms with Gasteiger partial charge in [0.05, 0.1) is 12.2 Å². The van der Waals surface area contributed by atoms with E-state index in [1.165, 1.54) is 10.5 Å². The molecule has 1 unspecified atom stereocenters. The molecule has 1 aliphatic rings. The number of hydrogen-bond acceptors (Lipinski definition) is 5. The van der Waals surface area contributed by atoms with Gasteiger partial charge in [0.25, 0.3) is 5.91 Å². The molecule has 1 aromatic carbocycles. The van der Waals surface area contributed by atoms with Crippen LogP contribution in [0.4, 0.5) is 0 Å². The molecule has 7 heteroatoms. The molecule has 6 nitrogen and oxygen atoms in total. The highest BCUT2D eigenvalue weighted by Crippen LogP contribution is 2.23. The first kappa shape index (κ1) is 19.9.